The average Bonchev–Trinajstić information content (AvgIpc) is 2.78. The van der Waals surface area contributed by atoms with Crippen molar-refractivity contribution in [2.75, 3.05) is 6.61 Å². The van der Waals surface area contributed by atoms with Crippen LogP contribution < -0.4 is 5.32 Å². The minimum atomic E-state index is 0.231. The zero-order valence-corrected chi connectivity index (χ0v) is 12.2. The monoisotopic (exact) mass is 273 g/mol. The van der Waals surface area contributed by atoms with Gasteiger partial charge in [-0.15, -0.1) is 0 Å². The molecule has 0 aliphatic heterocycles. The van der Waals surface area contributed by atoms with Gasteiger partial charge >= 0.3 is 0 Å². The second kappa shape index (κ2) is 7.27. The van der Waals surface area contributed by atoms with E-state index in [4.69, 9.17) is 9.52 Å². The lowest BCUT2D eigenvalue weighted by atomic mass is 10.0. The molecule has 2 aromatic rings. The Morgan fingerprint density at radius 3 is 2.55 bits per heavy atom. The highest BCUT2D eigenvalue weighted by Crippen LogP contribution is 2.20. The summed E-state index contributed by atoms with van der Waals surface area (Å²) in [5.41, 5.74) is 2.46. The molecule has 1 aromatic carbocycles. The van der Waals surface area contributed by atoms with Crippen LogP contribution in [-0.4, -0.2) is 11.7 Å². The Kier molecular flexibility index (Phi) is 5.39. The summed E-state index contributed by atoms with van der Waals surface area (Å²) in [5.74, 6) is 1.93. The summed E-state index contributed by atoms with van der Waals surface area (Å²) in [6.07, 6.45) is 1.73. The van der Waals surface area contributed by atoms with Gasteiger partial charge in [-0.2, -0.15) is 0 Å². The molecule has 2 N–H and O–H groups in total. The predicted octanol–water partition coefficient (Wildman–Crippen LogP) is 3.50. The molecule has 3 heteroatoms. The van der Waals surface area contributed by atoms with Crippen molar-refractivity contribution in [1.29, 1.82) is 0 Å². The molecular weight excluding hydrogens is 250 g/mol. The Bertz CT molecular complexity index is 519. The van der Waals surface area contributed by atoms with Gasteiger partial charge < -0.3 is 14.8 Å². The Balaban J connectivity index is 2.02. The van der Waals surface area contributed by atoms with Crippen molar-refractivity contribution in [2.45, 2.75) is 39.3 Å². The number of nitrogens with one attached hydrogen (secondary N) is 1. The minimum Gasteiger partial charge on any atom is -0.466 e. The molecule has 2 rings (SSSR count). The Morgan fingerprint density at radius 1 is 1.20 bits per heavy atom. The summed E-state index contributed by atoms with van der Waals surface area (Å²) in [6, 6.07) is 12.7. The van der Waals surface area contributed by atoms with Crippen molar-refractivity contribution in [1.82, 2.24) is 5.32 Å². The molecule has 0 amide bonds. The van der Waals surface area contributed by atoms with E-state index >= 15 is 0 Å². The van der Waals surface area contributed by atoms with Crippen LogP contribution in [0.3, 0.4) is 0 Å². The van der Waals surface area contributed by atoms with E-state index in [2.05, 4.69) is 35.6 Å². The molecule has 0 radical (unpaired) electrons. The molecule has 0 aliphatic rings. The fourth-order valence-electron chi connectivity index (χ4n) is 2.46. The third kappa shape index (κ3) is 3.95. The van der Waals surface area contributed by atoms with Gasteiger partial charge in [-0.05, 0) is 38.3 Å². The summed E-state index contributed by atoms with van der Waals surface area (Å²) < 4.78 is 5.55. The molecular formula is C17H23NO2. The van der Waals surface area contributed by atoms with E-state index in [-0.39, 0.29) is 12.6 Å². The van der Waals surface area contributed by atoms with E-state index in [1.165, 1.54) is 11.1 Å². The van der Waals surface area contributed by atoms with E-state index in [0.717, 1.165) is 30.9 Å². The maximum absolute atomic E-state index is 9.05. The zero-order chi connectivity index (χ0) is 14.4. The Hall–Kier alpha value is -1.58. The molecule has 1 heterocycles. The molecule has 0 fully saturated rings. The fourth-order valence-corrected chi connectivity index (χ4v) is 2.46. The number of aliphatic hydroxyl groups is 1. The molecule has 1 atom stereocenters. The number of rotatable bonds is 7. The van der Waals surface area contributed by atoms with Crippen molar-refractivity contribution < 1.29 is 9.52 Å². The van der Waals surface area contributed by atoms with E-state index in [0.29, 0.717) is 0 Å². The van der Waals surface area contributed by atoms with Gasteiger partial charge in [-0.25, -0.2) is 0 Å². The van der Waals surface area contributed by atoms with Gasteiger partial charge in [0.05, 0.1) is 0 Å². The maximum atomic E-state index is 9.05. The van der Waals surface area contributed by atoms with Gasteiger partial charge in [-0.3, -0.25) is 0 Å². The normalized spacial score (nSPS) is 12.6. The summed E-state index contributed by atoms with van der Waals surface area (Å²) in [4.78, 5) is 0. The van der Waals surface area contributed by atoms with Crippen LogP contribution in [0, 0.1) is 13.8 Å². The van der Waals surface area contributed by atoms with E-state index < -0.39 is 0 Å². The molecule has 1 unspecified atom stereocenters. The molecule has 3 nitrogen and oxygen atoms in total. The van der Waals surface area contributed by atoms with Crippen molar-refractivity contribution in [3.8, 4) is 0 Å². The first-order valence-corrected chi connectivity index (χ1v) is 7.16. The summed E-state index contributed by atoms with van der Waals surface area (Å²) in [7, 11) is 0. The van der Waals surface area contributed by atoms with E-state index in [9.17, 15) is 0 Å². The van der Waals surface area contributed by atoms with Crippen LogP contribution in [0.2, 0.25) is 0 Å². The van der Waals surface area contributed by atoms with Crippen molar-refractivity contribution in [3.05, 3.63) is 59.0 Å². The molecule has 0 spiro atoms. The molecule has 108 valence electrons. The largest absolute Gasteiger partial charge is 0.466 e. The number of hydrogen-bond acceptors (Lipinski definition) is 3. The van der Waals surface area contributed by atoms with Crippen LogP contribution in [0.15, 0.2) is 40.8 Å². The van der Waals surface area contributed by atoms with Crippen molar-refractivity contribution in [2.24, 2.45) is 0 Å². The van der Waals surface area contributed by atoms with E-state index in [1.54, 1.807) is 0 Å². The smallest absolute Gasteiger partial charge is 0.105 e. The highest BCUT2D eigenvalue weighted by Gasteiger charge is 2.12. The molecule has 0 aliphatic carbocycles. The predicted molar refractivity (Wildman–Crippen MR) is 80.5 cm³/mol. The van der Waals surface area contributed by atoms with Gasteiger partial charge in [0.1, 0.15) is 11.5 Å². The van der Waals surface area contributed by atoms with Gasteiger partial charge in [0.2, 0.25) is 0 Å². The van der Waals surface area contributed by atoms with Crippen LogP contribution in [0.4, 0.5) is 0 Å². The molecule has 20 heavy (non-hydrogen) atoms. The third-order valence-corrected chi connectivity index (χ3v) is 3.54. The quantitative estimate of drug-likeness (QED) is 0.811. The van der Waals surface area contributed by atoms with Crippen LogP contribution >= 0.6 is 0 Å². The van der Waals surface area contributed by atoms with Gasteiger partial charge in [-0.1, -0.05) is 30.3 Å². The van der Waals surface area contributed by atoms with Crippen molar-refractivity contribution >= 4 is 0 Å². The minimum absolute atomic E-state index is 0.231. The first-order valence-electron chi connectivity index (χ1n) is 7.16. The molecule has 0 saturated heterocycles. The SMILES string of the molecule is Cc1cc(CNC(CCCO)c2ccccc2)c(C)o1. The fraction of sp³-hybridized carbons (Fsp3) is 0.412. The van der Waals surface area contributed by atoms with Gasteiger partial charge in [0, 0.05) is 24.8 Å². The first kappa shape index (κ1) is 14.8. The lowest BCUT2D eigenvalue weighted by Crippen LogP contribution is -2.21. The molecule has 0 bridgehead atoms. The maximum Gasteiger partial charge on any atom is 0.105 e. The summed E-state index contributed by atoms with van der Waals surface area (Å²) in [5, 5.41) is 12.6. The molecule has 1 aromatic heterocycles. The second-order valence-corrected chi connectivity index (χ2v) is 5.15. The standard InChI is InChI=1S/C17H23NO2/c1-13-11-16(14(2)20-13)12-18-17(9-6-10-19)15-7-4-3-5-8-15/h3-5,7-8,11,17-19H,6,9-10,12H2,1-2H3. The lowest BCUT2D eigenvalue weighted by molar-refractivity contribution is 0.275. The lowest BCUT2D eigenvalue weighted by Gasteiger charge is -2.18. The van der Waals surface area contributed by atoms with Crippen LogP contribution in [0.1, 0.15) is 41.5 Å². The molecule has 0 saturated carbocycles. The Morgan fingerprint density at radius 2 is 1.95 bits per heavy atom. The topological polar surface area (TPSA) is 45.4 Å². The summed E-state index contributed by atoms with van der Waals surface area (Å²) in [6.45, 7) is 4.98. The Labute approximate surface area is 120 Å². The van der Waals surface area contributed by atoms with Crippen LogP contribution in [0.5, 0.6) is 0 Å². The first-order chi connectivity index (χ1) is 9.70. The number of furan rings is 1. The zero-order valence-electron chi connectivity index (χ0n) is 12.2. The highest BCUT2D eigenvalue weighted by atomic mass is 16.3. The third-order valence-electron chi connectivity index (χ3n) is 3.54. The van der Waals surface area contributed by atoms with Crippen molar-refractivity contribution in [3.63, 3.8) is 0 Å². The van der Waals surface area contributed by atoms with Crippen LogP contribution in [-0.2, 0) is 6.54 Å². The second-order valence-electron chi connectivity index (χ2n) is 5.15. The number of aryl methyl sites for hydroxylation is 2. The van der Waals surface area contributed by atoms with Crippen LogP contribution in [0.25, 0.3) is 0 Å². The van der Waals surface area contributed by atoms with E-state index in [1.807, 2.05) is 19.9 Å². The highest BCUT2D eigenvalue weighted by molar-refractivity contribution is 5.22. The number of aliphatic hydroxyl groups excluding tert-OH is 1. The summed E-state index contributed by atoms with van der Waals surface area (Å²) >= 11 is 0. The van der Waals surface area contributed by atoms with Gasteiger partial charge in [0.15, 0.2) is 0 Å². The van der Waals surface area contributed by atoms with Gasteiger partial charge in [0.25, 0.3) is 0 Å². The number of benzene rings is 1. The average molecular weight is 273 g/mol. The number of hydrogen-bond donors (Lipinski definition) is 2.